The molecule has 3 heterocycles. The van der Waals surface area contributed by atoms with Gasteiger partial charge in [0.2, 0.25) is 0 Å². The van der Waals surface area contributed by atoms with E-state index in [0.29, 0.717) is 24.4 Å². The van der Waals surface area contributed by atoms with Crippen LogP contribution in [0.2, 0.25) is 5.02 Å². The lowest BCUT2D eigenvalue weighted by molar-refractivity contribution is 0.0700. The van der Waals surface area contributed by atoms with E-state index in [0.717, 1.165) is 52.4 Å². The third-order valence-corrected chi connectivity index (χ3v) is 6.44. The van der Waals surface area contributed by atoms with Crippen molar-refractivity contribution >= 4 is 28.4 Å². The number of carbonyl (C=O) groups excluding carboxylic acids is 1. The van der Waals surface area contributed by atoms with Crippen molar-refractivity contribution < 1.29 is 13.9 Å². The van der Waals surface area contributed by atoms with Gasteiger partial charge in [-0.15, -0.1) is 0 Å². The Labute approximate surface area is 191 Å². The molecule has 0 saturated carbocycles. The highest BCUT2D eigenvalue weighted by molar-refractivity contribution is 6.31. The first-order valence-electron chi connectivity index (χ1n) is 10.7. The highest BCUT2D eigenvalue weighted by Gasteiger charge is 2.29. The van der Waals surface area contributed by atoms with E-state index in [9.17, 15) is 4.79 Å². The Kier molecular flexibility index (Phi) is 5.62. The Balaban J connectivity index is 1.32. The van der Waals surface area contributed by atoms with Crippen LogP contribution < -0.4 is 4.74 Å². The summed E-state index contributed by atoms with van der Waals surface area (Å²) in [5, 5.41) is 1.59. The Morgan fingerprint density at radius 2 is 2.19 bits per heavy atom. The van der Waals surface area contributed by atoms with E-state index in [2.05, 4.69) is 9.97 Å². The first-order valence-corrected chi connectivity index (χ1v) is 11.1. The number of fused-ring (bicyclic) bond motifs is 1. The number of rotatable bonds is 5. The van der Waals surface area contributed by atoms with E-state index < -0.39 is 0 Å². The summed E-state index contributed by atoms with van der Waals surface area (Å²) in [5.74, 6) is 2.28. The van der Waals surface area contributed by atoms with Gasteiger partial charge in [-0.3, -0.25) is 4.79 Å². The van der Waals surface area contributed by atoms with Gasteiger partial charge < -0.3 is 19.0 Å². The first-order chi connectivity index (χ1) is 15.6. The summed E-state index contributed by atoms with van der Waals surface area (Å²) in [6.45, 7) is 1.31. The minimum absolute atomic E-state index is 0.0112. The maximum Gasteiger partial charge on any atom is 0.256 e. The molecule has 0 aliphatic carbocycles. The molecular formula is C25H24ClN3O3. The van der Waals surface area contributed by atoms with Crippen LogP contribution in [0.4, 0.5) is 0 Å². The van der Waals surface area contributed by atoms with E-state index in [1.807, 2.05) is 47.4 Å². The van der Waals surface area contributed by atoms with Gasteiger partial charge in [-0.1, -0.05) is 29.8 Å². The van der Waals surface area contributed by atoms with E-state index in [4.69, 9.17) is 20.8 Å². The number of nitrogens with zero attached hydrogens (tertiary/aromatic N) is 2. The van der Waals surface area contributed by atoms with Gasteiger partial charge in [0.15, 0.2) is 5.89 Å². The molecule has 1 aliphatic rings. The van der Waals surface area contributed by atoms with Gasteiger partial charge in [-0.2, -0.15) is 0 Å². The molecule has 1 fully saturated rings. The van der Waals surface area contributed by atoms with Crippen LogP contribution in [0, 0.1) is 0 Å². The second kappa shape index (κ2) is 8.71. The molecule has 2 aromatic carbocycles. The number of benzene rings is 2. The van der Waals surface area contributed by atoms with Gasteiger partial charge in [-0.25, -0.2) is 4.98 Å². The highest BCUT2D eigenvalue weighted by Crippen LogP contribution is 2.30. The molecule has 1 saturated heterocycles. The lowest BCUT2D eigenvalue weighted by Crippen LogP contribution is -2.39. The molecule has 7 heteroatoms. The number of H-pyrrole nitrogens is 1. The van der Waals surface area contributed by atoms with Crippen LogP contribution in [-0.4, -0.2) is 41.0 Å². The summed E-state index contributed by atoms with van der Waals surface area (Å²) in [6, 6.07) is 13.4. The molecule has 1 atom stereocenters. The summed E-state index contributed by atoms with van der Waals surface area (Å²) in [7, 11) is 1.63. The maximum absolute atomic E-state index is 13.3. The van der Waals surface area contributed by atoms with Crippen LogP contribution in [0.5, 0.6) is 5.75 Å². The Hall–Kier alpha value is -3.25. The fourth-order valence-electron chi connectivity index (χ4n) is 4.36. The average molecular weight is 450 g/mol. The SMILES string of the molecule is COc1ccc2[nH]cc(C(=O)N3CCC[C@@H](c4ncc(Cc5ccccc5Cl)o4)C3)c2c1. The van der Waals surface area contributed by atoms with Crippen LogP contribution in [0.25, 0.3) is 10.9 Å². The zero-order valence-corrected chi connectivity index (χ0v) is 18.6. The number of ether oxygens (including phenoxy) is 1. The number of likely N-dealkylation sites (tertiary alicyclic amines) is 1. The second-order valence-corrected chi connectivity index (χ2v) is 8.54. The molecule has 0 radical (unpaired) electrons. The summed E-state index contributed by atoms with van der Waals surface area (Å²) in [5.41, 5.74) is 2.58. The lowest BCUT2D eigenvalue weighted by Gasteiger charge is -2.31. The van der Waals surface area contributed by atoms with E-state index in [1.165, 1.54) is 0 Å². The largest absolute Gasteiger partial charge is 0.497 e. The lowest BCUT2D eigenvalue weighted by atomic mass is 9.97. The van der Waals surface area contributed by atoms with Gasteiger partial charge >= 0.3 is 0 Å². The minimum atomic E-state index is 0.0112. The summed E-state index contributed by atoms with van der Waals surface area (Å²) >= 11 is 6.28. The predicted molar refractivity (Wildman–Crippen MR) is 123 cm³/mol. The van der Waals surface area contributed by atoms with Crippen LogP contribution >= 0.6 is 11.6 Å². The third kappa shape index (κ3) is 3.98. The quantitative estimate of drug-likeness (QED) is 0.441. The van der Waals surface area contributed by atoms with Crippen LogP contribution in [0.15, 0.2) is 59.3 Å². The molecule has 0 unspecified atom stereocenters. The number of aromatic nitrogens is 2. The smallest absolute Gasteiger partial charge is 0.256 e. The van der Waals surface area contributed by atoms with Crippen molar-refractivity contribution in [3.8, 4) is 5.75 Å². The monoisotopic (exact) mass is 449 g/mol. The van der Waals surface area contributed by atoms with Crippen LogP contribution in [-0.2, 0) is 6.42 Å². The molecule has 1 amide bonds. The van der Waals surface area contributed by atoms with Gasteiger partial charge in [0.1, 0.15) is 11.5 Å². The maximum atomic E-state index is 13.3. The third-order valence-electron chi connectivity index (χ3n) is 6.07. The van der Waals surface area contributed by atoms with Crippen molar-refractivity contribution in [2.24, 2.45) is 0 Å². The molecule has 6 nitrogen and oxygen atoms in total. The summed E-state index contributed by atoms with van der Waals surface area (Å²) in [6.07, 6.45) is 6.00. The van der Waals surface area contributed by atoms with E-state index >= 15 is 0 Å². The van der Waals surface area contributed by atoms with Crippen LogP contribution in [0.1, 0.15) is 46.3 Å². The van der Waals surface area contributed by atoms with Gasteiger partial charge in [-0.05, 0) is 42.7 Å². The number of hydrogen-bond donors (Lipinski definition) is 1. The van der Waals surface area contributed by atoms with Crippen molar-refractivity contribution in [2.45, 2.75) is 25.2 Å². The number of nitrogens with one attached hydrogen (secondary N) is 1. The van der Waals surface area contributed by atoms with Crippen molar-refractivity contribution in [2.75, 3.05) is 20.2 Å². The predicted octanol–water partition coefficient (Wildman–Crippen LogP) is 5.43. The number of carbonyl (C=O) groups is 1. The van der Waals surface area contributed by atoms with Crippen molar-refractivity contribution in [1.82, 2.24) is 14.9 Å². The number of aromatic amines is 1. The molecule has 5 rings (SSSR count). The van der Waals surface area contributed by atoms with E-state index in [1.54, 1.807) is 19.5 Å². The Bertz CT molecular complexity index is 1260. The zero-order valence-electron chi connectivity index (χ0n) is 17.8. The van der Waals surface area contributed by atoms with Crippen molar-refractivity contribution in [3.63, 3.8) is 0 Å². The Morgan fingerprint density at radius 3 is 3.03 bits per heavy atom. The molecule has 0 spiro atoms. The molecule has 1 aliphatic heterocycles. The summed E-state index contributed by atoms with van der Waals surface area (Å²) < 4.78 is 11.4. The summed E-state index contributed by atoms with van der Waals surface area (Å²) in [4.78, 5) is 22.9. The molecule has 4 aromatic rings. The van der Waals surface area contributed by atoms with Crippen LogP contribution in [0.3, 0.4) is 0 Å². The molecule has 0 bridgehead atoms. The number of piperidine rings is 1. The number of oxazole rings is 1. The van der Waals surface area contributed by atoms with E-state index in [-0.39, 0.29) is 11.8 Å². The number of halogens is 1. The topological polar surface area (TPSA) is 71.4 Å². The van der Waals surface area contributed by atoms with Crippen molar-refractivity contribution in [3.05, 3.63) is 82.7 Å². The van der Waals surface area contributed by atoms with Gasteiger partial charge in [0.25, 0.3) is 5.91 Å². The average Bonchev–Trinajstić information content (AvgIpc) is 3.47. The molecule has 164 valence electrons. The van der Waals surface area contributed by atoms with Crippen molar-refractivity contribution in [1.29, 1.82) is 0 Å². The molecular weight excluding hydrogens is 426 g/mol. The standard InChI is InChI=1S/C25H24ClN3O3/c1-31-18-8-9-23-20(12-18)21(14-27-23)25(30)29-10-4-6-17(15-29)24-28-13-19(32-24)11-16-5-2-3-7-22(16)26/h2-3,5,7-9,12-14,17,27H,4,6,10-11,15H2,1H3/t17-/m1/s1. The fraction of sp³-hybridized carbons (Fsp3) is 0.280. The molecule has 1 N–H and O–H groups in total. The Morgan fingerprint density at radius 1 is 1.31 bits per heavy atom. The van der Waals surface area contributed by atoms with Gasteiger partial charge in [0, 0.05) is 41.6 Å². The molecule has 32 heavy (non-hydrogen) atoms. The zero-order chi connectivity index (χ0) is 22.1. The molecule has 2 aromatic heterocycles. The van der Waals surface area contributed by atoms with Gasteiger partial charge in [0.05, 0.1) is 24.8 Å². The fourth-order valence-corrected chi connectivity index (χ4v) is 4.56. The second-order valence-electron chi connectivity index (χ2n) is 8.14. The number of hydrogen-bond acceptors (Lipinski definition) is 4. The number of amides is 1. The number of methoxy groups -OCH3 is 1. The highest BCUT2D eigenvalue weighted by atomic mass is 35.5. The minimum Gasteiger partial charge on any atom is -0.497 e. The normalized spacial score (nSPS) is 16.4. The first kappa shape index (κ1) is 20.6.